The van der Waals surface area contributed by atoms with Gasteiger partial charge in [-0.3, -0.25) is 0 Å². The van der Waals surface area contributed by atoms with Crippen LogP contribution >= 0.6 is 0 Å². The van der Waals surface area contributed by atoms with E-state index in [4.69, 9.17) is 5.73 Å². The molecule has 0 aliphatic heterocycles. The van der Waals surface area contributed by atoms with Gasteiger partial charge < -0.3 is 10.6 Å². The Morgan fingerprint density at radius 1 is 1.16 bits per heavy atom. The Morgan fingerprint density at radius 3 is 2.42 bits per heavy atom. The fraction of sp³-hybridized carbons (Fsp3) is 0.429. The van der Waals surface area contributed by atoms with Crippen molar-refractivity contribution in [1.82, 2.24) is 15.0 Å². The van der Waals surface area contributed by atoms with Gasteiger partial charge in [-0.2, -0.15) is 0 Å². The summed E-state index contributed by atoms with van der Waals surface area (Å²) < 4.78 is 1.85. The molecule has 5 nitrogen and oxygen atoms in total. The van der Waals surface area contributed by atoms with Crippen LogP contribution in [0.1, 0.15) is 19.5 Å². The molecule has 0 aliphatic rings. The van der Waals surface area contributed by atoms with Gasteiger partial charge in [0.25, 0.3) is 0 Å². The van der Waals surface area contributed by atoms with Crippen molar-refractivity contribution in [2.45, 2.75) is 20.3 Å². The van der Waals surface area contributed by atoms with Crippen molar-refractivity contribution in [3.8, 4) is 5.69 Å². The second-order valence-corrected chi connectivity index (χ2v) is 4.36. The highest BCUT2D eigenvalue weighted by Crippen LogP contribution is 2.17. The number of anilines is 1. The van der Waals surface area contributed by atoms with Gasteiger partial charge in [-0.25, -0.2) is 4.68 Å². The van der Waals surface area contributed by atoms with Gasteiger partial charge in [0, 0.05) is 25.2 Å². The fourth-order valence-corrected chi connectivity index (χ4v) is 2.19. The molecule has 1 aromatic carbocycles. The van der Waals surface area contributed by atoms with E-state index in [1.807, 2.05) is 4.68 Å². The molecule has 19 heavy (non-hydrogen) atoms. The minimum Gasteiger partial charge on any atom is -0.372 e. The van der Waals surface area contributed by atoms with Crippen LogP contribution < -0.4 is 10.6 Å². The number of aromatic nitrogens is 3. The molecule has 0 spiro atoms. The number of hydrogen-bond acceptors (Lipinski definition) is 4. The van der Waals surface area contributed by atoms with Crippen LogP contribution in [-0.4, -0.2) is 34.6 Å². The van der Waals surface area contributed by atoms with Crippen molar-refractivity contribution in [1.29, 1.82) is 0 Å². The molecule has 5 heteroatoms. The minimum absolute atomic E-state index is 0.602. The summed E-state index contributed by atoms with van der Waals surface area (Å²) in [6, 6.07) is 8.39. The van der Waals surface area contributed by atoms with Gasteiger partial charge in [0.1, 0.15) is 0 Å². The molecule has 0 saturated heterocycles. The standard InChI is InChI=1S/C14H21N5/c1-3-18(4-2)12-5-7-13(8-6-12)19-14(9-10-15)11-16-17-19/h5-8,11H,3-4,9-10,15H2,1-2H3. The van der Waals surface area contributed by atoms with Crippen LogP contribution in [0.2, 0.25) is 0 Å². The monoisotopic (exact) mass is 259 g/mol. The SMILES string of the molecule is CCN(CC)c1ccc(-n2nncc2CCN)cc1. The van der Waals surface area contributed by atoms with E-state index in [-0.39, 0.29) is 0 Å². The maximum Gasteiger partial charge on any atom is 0.0730 e. The Morgan fingerprint density at radius 2 is 1.84 bits per heavy atom. The van der Waals surface area contributed by atoms with E-state index in [0.29, 0.717) is 6.54 Å². The van der Waals surface area contributed by atoms with Crippen molar-refractivity contribution >= 4 is 5.69 Å². The summed E-state index contributed by atoms with van der Waals surface area (Å²) in [5.74, 6) is 0. The third-order valence-electron chi connectivity index (χ3n) is 3.24. The molecule has 0 saturated carbocycles. The first kappa shape index (κ1) is 13.5. The summed E-state index contributed by atoms with van der Waals surface area (Å²) in [5, 5.41) is 8.07. The van der Waals surface area contributed by atoms with E-state index in [1.165, 1.54) is 5.69 Å². The predicted molar refractivity (Wildman–Crippen MR) is 77.7 cm³/mol. The summed E-state index contributed by atoms with van der Waals surface area (Å²) in [4.78, 5) is 2.31. The number of nitrogens with two attached hydrogens (primary N) is 1. The van der Waals surface area contributed by atoms with Crippen LogP contribution in [0.3, 0.4) is 0 Å². The lowest BCUT2D eigenvalue weighted by molar-refractivity contribution is 0.754. The van der Waals surface area contributed by atoms with Crippen LogP contribution in [0, 0.1) is 0 Å². The molecule has 0 atom stereocenters. The van der Waals surface area contributed by atoms with E-state index in [1.54, 1.807) is 6.20 Å². The number of hydrogen-bond donors (Lipinski definition) is 1. The van der Waals surface area contributed by atoms with Gasteiger partial charge in [0.05, 0.1) is 17.6 Å². The zero-order chi connectivity index (χ0) is 13.7. The summed E-state index contributed by atoms with van der Waals surface area (Å²) in [7, 11) is 0. The molecule has 2 rings (SSSR count). The molecule has 1 heterocycles. The molecular weight excluding hydrogens is 238 g/mol. The first-order valence-corrected chi connectivity index (χ1v) is 6.75. The molecule has 0 bridgehead atoms. The Kier molecular flexibility index (Phi) is 4.52. The lowest BCUT2D eigenvalue weighted by Crippen LogP contribution is -2.21. The minimum atomic E-state index is 0.602. The van der Waals surface area contributed by atoms with Gasteiger partial charge in [0.15, 0.2) is 0 Å². The van der Waals surface area contributed by atoms with Gasteiger partial charge in [-0.05, 0) is 44.7 Å². The highest BCUT2D eigenvalue weighted by molar-refractivity contribution is 5.50. The normalized spacial score (nSPS) is 10.7. The van der Waals surface area contributed by atoms with E-state index < -0.39 is 0 Å². The van der Waals surface area contributed by atoms with Crippen LogP contribution in [0.5, 0.6) is 0 Å². The van der Waals surface area contributed by atoms with Gasteiger partial charge >= 0.3 is 0 Å². The molecule has 0 amide bonds. The third kappa shape index (κ3) is 2.93. The maximum atomic E-state index is 5.59. The summed E-state index contributed by atoms with van der Waals surface area (Å²) in [6.07, 6.45) is 2.55. The van der Waals surface area contributed by atoms with Crippen molar-refractivity contribution in [2.75, 3.05) is 24.5 Å². The smallest absolute Gasteiger partial charge is 0.0730 e. The van der Waals surface area contributed by atoms with Crippen LogP contribution in [0.4, 0.5) is 5.69 Å². The average molecular weight is 259 g/mol. The quantitative estimate of drug-likeness (QED) is 0.856. The van der Waals surface area contributed by atoms with Gasteiger partial charge in [-0.15, -0.1) is 5.10 Å². The van der Waals surface area contributed by atoms with Crippen molar-refractivity contribution in [3.05, 3.63) is 36.2 Å². The van der Waals surface area contributed by atoms with E-state index in [0.717, 1.165) is 30.9 Å². The molecule has 102 valence electrons. The molecular formula is C14H21N5. The predicted octanol–water partition coefficient (Wildman–Crippen LogP) is 1.61. The summed E-state index contributed by atoms with van der Waals surface area (Å²) >= 11 is 0. The summed E-state index contributed by atoms with van der Waals surface area (Å²) in [5.41, 5.74) is 8.89. The molecule has 2 N–H and O–H groups in total. The molecule has 2 aromatic rings. The van der Waals surface area contributed by atoms with E-state index >= 15 is 0 Å². The van der Waals surface area contributed by atoms with Crippen LogP contribution in [0.25, 0.3) is 5.69 Å². The Hall–Kier alpha value is -1.88. The zero-order valence-electron chi connectivity index (χ0n) is 11.6. The second-order valence-electron chi connectivity index (χ2n) is 4.36. The number of nitrogens with zero attached hydrogens (tertiary/aromatic N) is 4. The van der Waals surface area contributed by atoms with Crippen LogP contribution in [0.15, 0.2) is 30.5 Å². The van der Waals surface area contributed by atoms with Crippen molar-refractivity contribution in [2.24, 2.45) is 5.73 Å². The molecule has 1 aromatic heterocycles. The first-order chi connectivity index (χ1) is 9.30. The Labute approximate surface area is 114 Å². The highest BCUT2D eigenvalue weighted by Gasteiger charge is 2.06. The second kappa shape index (κ2) is 6.33. The average Bonchev–Trinajstić information content (AvgIpc) is 2.90. The highest BCUT2D eigenvalue weighted by atomic mass is 15.4. The first-order valence-electron chi connectivity index (χ1n) is 6.75. The number of benzene rings is 1. The zero-order valence-corrected chi connectivity index (χ0v) is 11.6. The van der Waals surface area contributed by atoms with Gasteiger partial charge in [-0.1, -0.05) is 5.21 Å². The largest absolute Gasteiger partial charge is 0.372 e. The maximum absolute atomic E-state index is 5.59. The van der Waals surface area contributed by atoms with Gasteiger partial charge in [0.2, 0.25) is 0 Å². The molecule has 0 radical (unpaired) electrons. The topological polar surface area (TPSA) is 60.0 Å². The van der Waals surface area contributed by atoms with E-state index in [9.17, 15) is 0 Å². The van der Waals surface area contributed by atoms with E-state index in [2.05, 4.69) is 53.3 Å². The fourth-order valence-electron chi connectivity index (χ4n) is 2.19. The lowest BCUT2D eigenvalue weighted by Gasteiger charge is -2.21. The Balaban J connectivity index is 2.24. The number of rotatable bonds is 6. The Bertz CT molecular complexity index is 499. The summed E-state index contributed by atoms with van der Waals surface area (Å²) in [6.45, 7) is 6.95. The van der Waals surface area contributed by atoms with Crippen molar-refractivity contribution in [3.63, 3.8) is 0 Å². The molecule has 0 unspecified atom stereocenters. The lowest BCUT2D eigenvalue weighted by atomic mass is 10.2. The molecule has 0 aliphatic carbocycles. The molecule has 0 fully saturated rings. The van der Waals surface area contributed by atoms with Crippen LogP contribution in [-0.2, 0) is 6.42 Å². The third-order valence-corrected chi connectivity index (χ3v) is 3.24. The van der Waals surface area contributed by atoms with Crippen molar-refractivity contribution < 1.29 is 0 Å².